The second-order valence-electron chi connectivity index (χ2n) is 2.43. The summed E-state index contributed by atoms with van der Waals surface area (Å²) in [6.45, 7) is 2.43. The lowest BCUT2D eigenvalue weighted by Crippen LogP contribution is -2.20. The summed E-state index contributed by atoms with van der Waals surface area (Å²) in [5, 5.41) is 12.9. The molecule has 1 unspecified atom stereocenters. The zero-order chi connectivity index (χ0) is 8.81. The molecule has 0 aromatic heterocycles. The summed E-state index contributed by atoms with van der Waals surface area (Å²) in [7, 11) is 0. The van der Waals surface area contributed by atoms with Crippen LogP contribution in [0.25, 0.3) is 0 Å². The zero-order valence-corrected chi connectivity index (χ0v) is 7.71. The maximum Gasteiger partial charge on any atom is 0.122 e. The number of aliphatic hydroxyl groups is 1. The quantitative estimate of drug-likeness (QED) is 0.624. The van der Waals surface area contributed by atoms with Gasteiger partial charge in [-0.3, -0.25) is 0 Å². The Hall–Kier alpha value is -0.610. The summed E-state index contributed by atoms with van der Waals surface area (Å²) in [5.41, 5.74) is 0. The number of ether oxygens (including phenoxy) is 2. The number of aliphatic hydroxyl groups excluding tert-OH is 1. The summed E-state index contributed by atoms with van der Waals surface area (Å²) < 4.78 is 10.2. The van der Waals surface area contributed by atoms with Crippen LogP contribution >= 0.6 is 11.8 Å². The van der Waals surface area contributed by atoms with Crippen LogP contribution in [0.5, 0.6) is 0 Å². The highest BCUT2D eigenvalue weighted by molar-refractivity contribution is 8.04. The molecule has 1 aliphatic rings. The molecule has 0 fully saturated rings. The Bertz CT molecular complexity index is 189. The van der Waals surface area contributed by atoms with Gasteiger partial charge in [-0.1, -0.05) is 11.8 Å². The predicted molar refractivity (Wildman–Crippen MR) is 48.4 cm³/mol. The maximum atomic E-state index is 9.23. The molecule has 0 saturated carbocycles. The van der Waals surface area contributed by atoms with E-state index in [2.05, 4.69) is 0 Å². The van der Waals surface area contributed by atoms with E-state index < -0.39 is 6.10 Å². The van der Waals surface area contributed by atoms with Gasteiger partial charge in [-0.05, 0) is 6.92 Å². The van der Waals surface area contributed by atoms with E-state index in [-0.39, 0.29) is 13.2 Å². The summed E-state index contributed by atoms with van der Waals surface area (Å²) in [4.78, 5) is 0. The fraction of sp³-hybridized carbons (Fsp3) is 0.500. The summed E-state index contributed by atoms with van der Waals surface area (Å²) >= 11 is 1.49. The Balaban J connectivity index is 2.46. The number of rotatable bonds is 0. The Morgan fingerprint density at radius 2 is 2.42 bits per heavy atom. The average Bonchev–Trinajstić information content (AvgIpc) is 2.07. The average molecular weight is 188 g/mol. The molecular formula is C8H12O3S. The minimum absolute atomic E-state index is 0.282. The van der Waals surface area contributed by atoms with E-state index in [1.165, 1.54) is 11.8 Å². The third-order valence-corrected chi connectivity index (χ3v) is 1.99. The van der Waals surface area contributed by atoms with Crippen LogP contribution in [0, 0.1) is 0 Å². The van der Waals surface area contributed by atoms with Crippen molar-refractivity contribution in [3.8, 4) is 0 Å². The summed E-state index contributed by atoms with van der Waals surface area (Å²) in [5.74, 6) is 0.811. The van der Waals surface area contributed by atoms with Crippen LogP contribution in [0.4, 0.5) is 0 Å². The van der Waals surface area contributed by atoms with Crippen molar-refractivity contribution in [2.75, 3.05) is 13.2 Å². The SMILES string of the molecule is C/C1=C\S/C=C/OCC(O)CO1. The number of hydrogen-bond acceptors (Lipinski definition) is 4. The first-order valence-corrected chi connectivity index (χ1v) is 4.63. The third-order valence-electron chi connectivity index (χ3n) is 1.26. The summed E-state index contributed by atoms with van der Waals surface area (Å²) in [6.07, 6.45) is 1.02. The topological polar surface area (TPSA) is 38.7 Å². The van der Waals surface area contributed by atoms with Crippen LogP contribution in [0.2, 0.25) is 0 Å². The lowest BCUT2D eigenvalue weighted by Gasteiger charge is -2.12. The predicted octanol–water partition coefficient (Wildman–Crippen LogP) is 1.46. The molecule has 1 atom stereocenters. The molecule has 0 spiro atoms. The molecule has 0 aromatic carbocycles. The minimum atomic E-state index is -0.555. The normalized spacial score (nSPS) is 32.2. The van der Waals surface area contributed by atoms with Crippen LogP contribution in [0.3, 0.4) is 0 Å². The van der Waals surface area contributed by atoms with Gasteiger partial charge in [0, 0.05) is 10.8 Å². The Morgan fingerprint density at radius 3 is 3.25 bits per heavy atom. The molecular weight excluding hydrogens is 176 g/mol. The number of allylic oxidation sites excluding steroid dienone is 1. The Labute approximate surface area is 76.1 Å². The van der Waals surface area contributed by atoms with Crippen LogP contribution < -0.4 is 0 Å². The van der Waals surface area contributed by atoms with E-state index in [1.807, 2.05) is 12.3 Å². The van der Waals surface area contributed by atoms with Gasteiger partial charge in [0.05, 0.1) is 12.0 Å². The van der Waals surface area contributed by atoms with Gasteiger partial charge in [-0.25, -0.2) is 0 Å². The number of hydrogen-bond donors (Lipinski definition) is 1. The zero-order valence-electron chi connectivity index (χ0n) is 6.90. The van der Waals surface area contributed by atoms with Crippen molar-refractivity contribution < 1.29 is 14.6 Å². The second kappa shape index (κ2) is 5.11. The molecule has 68 valence electrons. The van der Waals surface area contributed by atoms with Gasteiger partial charge in [-0.15, -0.1) is 0 Å². The van der Waals surface area contributed by atoms with Gasteiger partial charge in [0.25, 0.3) is 0 Å². The van der Waals surface area contributed by atoms with Gasteiger partial charge < -0.3 is 14.6 Å². The highest BCUT2D eigenvalue weighted by atomic mass is 32.2. The van der Waals surface area contributed by atoms with E-state index in [0.29, 0.717) is 0 Å². The van der Waals surface area contributed by atoms with Crippen molar-refractivity contribution >= 4 is 11.8 Å². The van der Waals surface area contributed by atoms with Crippen molar-refractivity contribution in [3.05, 3.63) is 22.8 Å². The van der Waals surface area contributed by atoms with Gasteiger partial charge in [-0.2, -0.15) is 0 Å². The first-order chi connectivity index (χ1) is 5.79. The maximum absolute atomic E-state index is 9.23. The van der Waals surface area contributed by atoms with Crippen molar-refractivity contribution in [1.29, 1.82) is 0 Å². The van der Waals surface area contributed by atoms with E-state index >= 15 is 0 Å². The first-order valence-electron chi connectivity index (χ1n) is 3.69. The van der Waals surface area contributed by atoms with E-state index in [1.54, 1.807) is 11.7 Å². The smallest absolute Gasteiger partial charge is 0.122 e. The lowest BCUT2D eigenvalue weighted by molar-refractivity contribution is 0.0253. The molecule has 0 amide bonds. The van der Waals surface area contributed by atoms with Crippen molar-refractivity contribution in [2.45, 2.75) is 13.0 Å². The molecule has 3 nitrogen and oxygen atoms in total. The van der Waals surface area contributed by atoms with Crippen LogP contribution in [0.1, 0.15) is 6.92 Å². The van der Waals surface area contributed by atoms with Crippen molar-refractivity contribution in [1.82, 2.24) is 0 Å². The van der Waals surface area contributed by atoms with Gasteiger partial charge in [0.2, 0.25) is 0 Å². The molecule has 1 heterocycles. The molecule has 0 saturated heterocycles. The molecule has 4 heteroatoms. The largest absolute Gasteiger partial charge is 0.498 e. The standard InChI is InChI=1S/C8H12O3S/c1-7-6-12-3-2-10-4-8(9)5-11-7/h2-3,6,8-9H,4-5H2,1H3/b3-2+,7-6+. The van der Waals surface area contributed by atoms with E-state index in [4.69, 9.17) is 9.47 Å². The number of thioether (sulfide) groups is 1. The second-order valence-corrected chi connectivity index (χ2v) is 3.21. The molecule has 0 aliphatic carbocycles. The minimum Gasteiger partial charge on any atom is -0.498 e. The van der Waals surface area contributed by atoms with E-state index in [9.17, 15) is 5.11 Å². The van der Waals surface area contributed by atoms with Gasteiger partial charge in [0.1, 0.15) is 19.3 Å². The molecule has 12 heavy (non-hydrogen) atoms. The molecule has 1 aliphatic heterocycles. The van der Waals surface area contributed by atoms with Crippen LogP contribution in [-0.2, 0) is 9.47 Å². The lowest BCUT2D eigenvalue weighted by atomic mass is 10.4. The Morgan fingerprint density at radius 1 is 1.58 bits per heavy atom. The first kappa shape index (κ1) is 9.48. The van der Waals surface area contributed by atoms with Gasteiger partial charge >= 0.3 is 0 Å². The van der Waals surface area contributed by atoms with Crippen molar-refractivity contribution in [2.24, 2.45) is 0 Å². The van der Waals surface area contributed by atoms with E-state index in [0.717, 1.165) is 5.76 Å². The third kappa shape index (κ3) is 3.69. The molecule has 0 radical (unpaired) electrons. The molecule has 1 N–H and O–H groups in total. The van der Waals surface area contributed by atoms with Crippen molar-refractivity contribution in [3.63, 3.8) is 0 Å². The van der Waals surface area contributed by atoms with Crippen LogP contribution in [0.15, 0.2) is 22.8 Å². The Kier molecular flexibility index (Phi) is 4.04. The van der Waals surface area contributed by atoms with Gasteiger partial charge in [0.15, 0.2) is 0 Å². The fourth-order valence-corrected chi connectivity index (χ4v) is 1.16. The monoisotopic (exact) mass is 188 g/mol. The highest BCUT2D eigenvalue weighted by Gasteiger charge is 2.05. The molecule has 1 rings (SSSR count). The van der Waals surface area contributed by atoms with Crippen LogP contribution in [-0.4, -0.2) is 24.4 Å². The highest BCUT2D eigenvalue weighted by Crippen LogP contribution is 2.11. The molecule has 0 bridgehead atoms. The fourth-order valence-electron chi connectivity index (χ4n) is 0.683. The summed E-state index contributed by atoms with van der Waals surface area (Å²) in [6, 6.07) is 0. The molecule has 0 aromatic rings.